The monoisotopic (exact) mass is 279 g/mol. The van der Waals surface area contributed by atoms with Crippen molar-refractivity contribution in [2.45, 2.75) is 6.61 Å². The van der Waals surface area contributed by atoms with Gasteiger partial charge in [0.15, 0.2) is 0 Å². The van der Waals surface area contributed by atoms with E-state index in [4.69, 9.17) is 4.74 Å². The highest BCUT2D eigenvalue weighted by Crippen LogP contribution is 2.14. The van der Waals surface area contributed by atoms with Gasteiger partial charge in [0.25, 0.3) is 0 Å². The second-order valence-electron chi connectivity index (χ2n) is 4.70. The number of hydrogen-bond acceptors (Lipinski definition) is 4. The molecular formula is C16H14BNO3. The summed E-state index contributed by atoms with van der Waals surface area (Å²) in [7, 11) is -1.55. The maximum atomic E-state index is 9.30. The molecule has 0 aliphatic rings. The largest absolute Gasteiger partial charge is 0.492 e. The van der Waals surface area contributed by atoms with E-state index < -0.39 is 7.12 Å². The summed E-state index contributed by atoms with van der Waals surface area (Å²) in [6.45, 7) is 0.272. The summed E-state index contributed by atoms with van der Waals surface area (Å²) in [6.07, 6.45) is 0. The molecular weight excluding hydrogens is 265 g/mol. The molecule has 2 aromatic carbocycles. The van der Waals surface area contributed by atoms with Gasteiger partial charge < -0.3 is 14.8 Å². The Morgan fingerprint density at radius 3 is 2.52 bits per heavy atom. The summed E-state index contributed by atoms with van der Waals surface area (Å²) >= 11 is 0. The average molecular weight is 279 g/mol. The van der Waals surface area contributed by atoms with Crippen molar-refractivity contribution in [1.82, 2.24) is 4.98 Å². The van der Waals surface area contributed by atoms with Gasteiger partial charge in [-0.15, -0.1) is 0 Å². The number of ether oxygens (including phenoxy) is 1. The SMILES string of the molecule is OB(O)c1ccccc1OCc1ccc2ccccc2n1. The Bertz CT molecular complexity index is 761. The fourth-order valence-electron chi connectivity index (χ4n) is 2.17. The third-order valence-corrected chi connectivity index (χ3v) is 3.23. The molecule has 0 fully saturated rings. The van der Waals surface area contributed by atoms with Crippen LogP contribution in [0.5, 0.6) is 5.75 Å². The Hall–Kier alpha value is -2.37. The second-order valence-corrected chi connectivity index (χ2v) is 4.70. The van der Waals surface area contributed by atoms with Gasteiger partial charge in [0, 0.05) is 10.8 Å². The lowest BCUT2D eigenvalue weighted by molar-refractivity contribution is 0.302. The Kier molecular flexibility index (Phi) is 3.86. The predicted octanol–water partition coefficient (Wildman–Crippen LogP) is 1.49. The Morgan fingerprint density at radius 2 is 1.67 bits per heavy atom. The third kappa shape index (κ3) is 3.04. The van der Waals surface area contributed by atoms with E-state index in [2.05, 4.69) is 4.98 Å². The van der Waals surface area contributed by atoms with Crippen LogP contribution in [0.25, 0.3) is 10.9 Å². The smallest absolute Gasteiger partial charge is 0.488 e. The molecule has 0 saturated carbocycles. The number of para-hydroxylation sites is 2. The molecule has 3 aromatic rings. The summed E-state index contributed by atoms with van der Waals surface area (Å²) < 4.78 is 5.65. The van der Waals surface area contributed by atoms with Crippen LogP contribution in [0.15, 0.2) is 60.7 Å². The number of nitrogens with zero attached hydrogens (tertiary/aromatic N) is 1. The maximum Gasteiger partial charge on any atom is 0.492 e. The topological polar surface area (TPSA) is 62.6 Å². The van der Waals surface area contributed by atoms with Crippen LogP contribution in [0.3, 0.4) is 0 Å². The number of benzene rings is 2. The fourth-order valence-corrected chi connectivity index (χ4v) is 2.17. The molecule has 4 nitrogen and oxygen atoms in total. The molecule has 2 N–H and O–H groups in total. The third-order valence-electron chi connectivity index (χ3n) is 3.23. The van der Waals surface area contributed by atoms with E-state index in [1.165, 1.54) is 0 Å². The van der Waals surface area contributed by atoms with Crippen molar-refractivity contribution in [2.24, 2.45) is 0 Å². The highest BCUT2D eigenvalue weighted by molar-refractivity contribution is 6.59. The first-order chi connectivity index (χ1) is 10.2. The van der Waals surface area contributed by atoms with Gasteiger partial charge in [0.2, 0.25) is 0 Å². The van der Waals surface area contributed by atoms with E-state index in [1.807, 2.05) is 36.4 Å². The second kappa shape index (κ2) is 5.95. The minimum Gasteiger partial charge on any atom is -0.488 e. The van der Waals surface area contributed by atoms with Gasteiger partial charge in [-0.25, -0.2) is 4.98 Å². The van der Waals surface area contributed by atoms with Crippen LogP contribution in [-0.2, 0) is 6.61 Å². The molecule has 0 amide bonds. The quantitative estimate of drug-likeness (QED) is 0.710. The molecule has 3 rings (SSSR count). The van der Waals surface area contributed by atoms with Crippen LogP contribution < -0.4 is 10.2 Å². The van der Waals surface area contributed by atoms with Gasteiger partial charge in [-0.3, -0.25) is 0 Å². The average Bonchev–Trinajstić information content (AvgIpc) is 2.53. The van der Waals surface area contributed by atoms with Gasteiger partial charge in [-0.05, 0) is 18.2 Å². The van der Waals surface area contributed by atoms with Crippen LogP contribution in [0, 0.1) is 0 Å². The number of hydrogen-bond donors (Lipinski definition) is 2. The van der Waals surface area contributed by atoms with E-state index in [9.17, 15) is 10.0 Å². The summed E-state index contributed by atoms with van der Waals surface area (Å²) in [4.78, 5) is 4.51. The number of rotatable bonds is 4. The maximum absolute atomic E-state index is 9.30. The molecule has 0 bridgehead atoms. The normalized spacial score (nSPS) is 10.6. The molecule has 1 aromatic heterocycles. The van der Waals surface area contributed by atoms with Crippen molar-refractivity contribution >= 4 is 23.5 Å². The van der Waals surface area contributed by atoms with E-state index >= 15 is 0 Å². The first-order valence-corrected chi connectivity index (χ1v) is 6.66. The van der Waals surface area contributed by atoms with Crippen LogP contribution in [0.4, 0.5) is 0 Å². The number of fused-ring (bicyclic) bond motifs is 1. The Balaban J connectivity index is 1.80. The van der Waals surface area contributed by atoms with Gasteiger partial charge in [-0.1, -0.05) is 42.5 Å². The number of pyridine rings is 1. The molecule has 0 unspecified atom stereocenters. The van der Waals surface area contributed by atoms with Gasteiger partial charge >= 0.3 is 7.12 Å². The summed E-state index contributed by atoms with van der Waals surface area (Å²) in [5.74, 6) is 0.447. The van der Waals surface area contributed by atoms with Crippen LogP contribution in [0.1, 0.15) is 5.69 Å². The molecule has 0 saturated heterocycles. The fraction of sp³-hybridized carbons (Fsp3) is 0.0625. The van der Waals surface area contributed by atoms with E-state index in [1.54, 1.807) is 24.3 Å². The molecule has 21 heavy (non-hydrogen) atoms. The van der Waals surface area contributed by atoms with Crippen molar-refractivity contribution < 1.29 is 14.8 Å². The molecule has 1 heterocycles. The van der Waals surface area contributed by atoms with Crippen molar-refractivity contribution in [1.29, 1.82) is 0 Å². The van der Waals surface area contributed by atoms with Crippen molar-refractivity contribution in [3.05, 3.63) is 66.4 Å². The van der Waals surface area contributed by atoms with Crippen molar-refractivity contribution in [3.8, 4) is 5.75 Å². The lowest BCUT2D eigenvalue weighted by Gasteiger charge is -2.10. The lowest BCUT2D eigenvalue weighted by atomic mass is 9.79. The minimum atomic E-state index is -1.55. The first kappa shape index (κ1) is 13.6. The molecule has 0 aliphatic heterocycles. The molecule has 5 heteroatoms. The first-order valence-electron chi connectivity index (χ1n) is 6.66. The predicted molar refractivity (Wildman–Crippen MR) is 82.3 cm³/mol. The molecule has 0 spiro atoms. The zero-order valence-corrected chi connectivity index (χ0v) is 11.3. The van der Waals surface area contributed by atoms with Gasteiger partial charge in [-0.2, -0.15) is 0 Å². The van der Waals surface area contributed by atoms with Crippen molar-refractivity contribution in [3.63, 3.8) is 0 Å². The summed E-state index contributed by atoms with van der Waals surface area (Å²) in [5, 5.41) is 19.7. The zero-order valence-electron chi connectivity index (χ0n) is 11.3. The Morgan fingerprint density at radius 1 is 0.905 bits per heavy atom. The summed E-state index contributed by atoms with van der Waals surface area (Å²) in [5.41, 5.74) is 2.04. The van der Waals surface area contributed by atoms with Crippen LogP contribution >= 0.6 is 0 Å². The van der Waals surface area contributed by atoms with E-state index in [-0.39, 0.29) is 6.61 Å². The standard InChI is InChI=1S/C16H14BNO3/c19-17(20)14-6-2-4-8-16(14)21-11-13-10-9-12-5-1-3-7-15(12)18-13/h1-10,19-20H,11H2. The van der Waals surface area contributed by atoms with Crippen molar-refractivity contribution in [2.75, 3.05) is 0 Å². The van der Waals surface area contributed by atoms with Gasteiger partial charge in [0.1, 0.15) is 12.4 Å². The molecule has 104 valence electrons. The lowest BCUT2D eigenvalue weighted by Crippen LogP contribution is -2.31. The van der Waals surface area contributed by atoms with Crippen LogP contribution in [0.2, 0.25) is 0 Å². The molecule has 0 radical (unpaired) electrons. The highest BCUT2D eigenvalue weighted by atomic mass is 16.5. The van der Waals surface area contributed by atoms with E-state index in [0.29, 0.717) is 11.2 Å². The van der Waals surface area contributed by atoms with E-state index in [0.717, 1.165) is 16.6 Å². The van der Waals surface area contributed by atoms with Gasteiger partial charge in [0.05, 0.1) is 11.2 Å². The number of aromatic nitrogens is 1. The minimum absolute atomic E-state index is 0.272. The van der Waals surface area contributed by atoms with Crippen LogP contribution in [-0.4, -0.2) is 22.2 Å². The molecule has 0 aliphatic carbocycles. The highest BCUT2D eigenvalue weighted by Gasteiger charge is 2.16. The molecule has 0 atom stereocenters. The Labute approximate surface area is 122 Å². The summed E-state index contributed by atoms with van der Waals surface area (Å²) in [6, 6.07) is 18.6. The zero-order chi connectivity index (χ0) is 14.7.